The van der Waals surface area contributed by atoms with Crippen molar-refractivity contribution in [2.45, 2.75) is 44.4 Å². The van der Waals surface area contributed by atoms with Gasteiger partial charge in [0.2, 0.25) is 0 Å². The first-order valence-electron chi connectivity index (χ1n) is 5.83. The van der Waals surface area contributed by atoms with Gasteiger partial charge in [0.1, 0.15) is 0 Å². The number of rotatable bonds is 5. The normalized spacial score (nSPS) is 41.6. The zero-order chi connectivity index (χ0) is 9.97. The highest BCUT2D eigenvalue weighted by Crippen LogP contribution is 2.33. The van der Waals surface area contributed by atoms with Crippen molar-refractivity contribution in [3.8, 4) is 0 Å². The Labute approximate surface area is 86.6 Å². The molecule has 1 heterocycles. The van der Waals surface area contributed by atoms with Gasteiger partial charge < -0.3 is 15.4 Å². The lowest BCUT2D eigenvalue weighted by Gasteiger charge is -2.11. The summed E-state index contributed by atoms with van der Waals surface area (Å²) in [5, 5.41) is 7.11. The van der Waals surface area contributed by atoms with Gasteiger partial charge in [-0.15, -0.1) is 0 Å². The van der Waals surface area contributed by atoms with E-state index < -0.39 is 0 Å². The van der Waals surface area contributed by atoms with Crippen LogP contribution < -0.4 is 10.6 Å². The third kappa shape index (κ3) is 2.47. The quantitative estimate of drug-likeness (QED) is 0.684. The topological polar surface area (TPSA) is 33.3 Å². The van der Waals surface area contributed by atoms with Crippen LogP contribution in [-0.4, -0.2) is 38.4 Å². The van der Waals surface area contributed by atoms with E-state index in [0.717, 1.165) is 31.5 Å². The van der Waals surface area contributed by atoms with Gasteiger partial charge in [0, 0.05) is 32.3 Å². The molecule has 0 bridgehead atoms. The lowest BCUT2D eigenvalue weighted by atomic mass is 10.2. The molecule has 4 atom stereocenters. The maximum absolute atomic E-state index is 5.32. The third-order valence-corrected chi connectivity index (χ3v) is 3.59. The zero-order valence-electron chi connectivity index (χ0n) is 9.25. The van der Waals surface area contributed by atoms with Crippen LogP contribution in [0.15, 0.2) is 0 Å². The first-order valence-corrected chi connectivity index (χ1v) is 5.83. The molecule has 3 nitrogen and oxygen atoms in total. The standard InChI is InChI=1S/C11H22N2O/c1-3-8-4-11(8)13-6-9-5-10(14-2)7-12-9/h8-13H,3-7H2,1-2H3. The van der Waals surface area contributed by atoms with E-state index in [0.29, 0.717) is 12.1 Å². The number of hydrogen-bond acceptors (Lipinski definition) is 3. The number of ether oxygens (including phenoxy) is 1. The molecule has 1 aliphatic heterocycles. The average Bonchev–Trinajstić information content (AvgIpc) is 2.83. The minimum absolute atomic E-state index is 0.433. The highest BCUT2D eigenvalue weighted by molar-refractivity contribution is 4.94. The van der Waals surface area contributed by atoms with Crippen LogP contribution in [0.4, 0.5) is 0 Å². The summed E-state index contributed by atoms with van der Waals surface area (Å²) in [5.41, 5.74) is 0. The number of methoxy groups -OCH3 is 1. The molecule has 0 amide bonds. The Morgan fingerprint density at radius 1 is 1.43 bits per heavy atom. The van der Waals surface area contributed by atoms with Gasteiger partial charge in [0.05, 0.1) is 6.10 Å². The van der Waals surface area contributed by atoms with Gasteiger partial charge in [0.15, 0.2) is 0 Å². The second-order valence-electron chi connectivity index (χ2n) is 4.62. The molecule has 4 unspecified atom stereocenters. The highest BCUT2D eigenvalue weighted by Gasteiger charge is 2.35. The molecule has 3 heteroatoms. The highest BCUT2D eigenvalue weighted by atomic mass is 16.5. The molecular weight excluding hydrogens is 176 g/mol. The molecule has 2 rings (SSSR count). The largest absolute Gasteiger partial charge is 0.380 e. The molecule has 14 heavy (non-hydrogen) atoms. The van der Waals surface area contributed by atoms with Crippen molar-refractivity contribution in [2.24, 2.45) is 5.92 Å². The number of nitrogens with one attached hydrogen (secondary N) is 2. The van der Waals surface area contributed by atoms with Crippen molar-refractivity contribution in [3.63, 3.8) is 0 Å². The van der Waals surface area contributed by atoms with Gasteiger partial charge >= 0.3 is 0 Å². The summed E-state index contributed by atoms with van der Waals surface area (Å²) in [6, 6.07) is 1.43. The van der Waals surface area contributed by atoms with Crippen molar-refractivity contribution in [3.05, 3.63) is 0 Å². The van der Waals surface area contributed by atoms with E-state index in [-0.39, 0.29) is 0 Å². The van der Waals surface area contributed by atoms with Crippen molar-refractivity contribution in [2.75, 3.05) is 20.2 Å². The molecule has 2 fully saturated rings. The minimum Gasteiger partial charge on any atom is -0.380 e. The van der Waals surface area contributed by atoms with Crippen LogP contribution in [0.5, 0.6) is 0 Å². The molecule has 0 aromatic carbocycles. The summed E-state index contributed by atoms with van der Waals surface area (Å²) in [5.74, 6) is 0.953. The van der Waals surface area contributed by atoms with E-state index in [2.05, 4.69) is 17.6 Å². The van der Waals surface area contributed by atoms with E-state index in [9.17, 15) is 0 Å². The van der Waals surface area contributed by atoms with Crippen LogP contribution in [-0.2, 0) is 4.74 Å². The van der Waals surface area contributed by atoms with Crippen molar-refractivity contribution >= 4 is 0 Å². The Hall–Kier alpha value is -0.120. The lowest BCUT2D eigenvalue weighted by Crippen LogP contribution is -2.35. The maximum atomic E-state index is 5.32. The number of hydrogen-bond donors (Lipinski definition) is 2. The van der Waals surface area contributed by atoms with Crippen LogP contribution in [0, 0.1) is 5.92 Å². The summed E-state index contributed by atoms with van der Waals surface area (Å²) in [4.78, 5) is 0. The van der Waals surface area contributed by atoms with E-state index >= 15 is 0 Å². The predicted octanol–water partition coefficient (Wildman–Crippen LogP) is 0.751. The van der Waals surface area contributed by atoms with Gasteiger partial charge in [-0.05, 0) is 18.8 Å². The Balaban J connectivity index is 1.58. The Morgan fingerprint density at radius 3 is 2.86 bits per heavy atom. The summed E-state index contributed by atoms with van der Waals surface area (Å²) in [7, 11) is 1.80. The summed E-state index contributed by atoms with van der Waals surface area (Å²) in [6.07, 6.45) is 4.31. The lowest BCUT2D eigenvalue weighted by molar-refractivity contribution is 0.117. The molecule has 0 radical (unpaired) electrons. The van der Waals surface area contributed by atoms with Crippen molar-refractivity contribution in [1.29, 1.82) is 0 Å². The van der Waals surface area contributed by atoms with E-state index in [1.54, 1.807) is 7.11 Å². The van der Waals surface area contributed by atoms with Crippen molar-refractivity contribution < 1.29 is 4.74 Å². The van der Waals surface area contributed by atoms with Crippen LogP contribution in [0.1, 0.15) is 26.2 Å². The molecule has 1 saturated carbocycles. The second-order valence-corrected chi connectivity index (χ2v) is 4.62. The molecule has 2 N–H and O–H groups in total. The minimum atomic E-state index is 0.433. The molecule has 0 aromatic heterocycles. The second kappa shape index (κ2) is 4.60. The third-order valence-electron chi connectivity index (χ3n) is 3.59. The Morgan fingerprint density at radius 2 is 2.29 bits per heavy atom. The fourth-order valence-corrected chi connectivity index (χ4v) is 2.36. The first-order chi connectivity index (χ1) is 6.83. The Kier molecular flexibility index (Phi) is 3.42. The SMILES string of the molecule is CCC1CC1NCC1CC(OC)CN1. The molecule has 1 saturated heterocycles. The summed E-state index contributed by atoms with van der Waals surface area (Å²) >= 11 is 0. The maximum Gasteiger partial charge on any atom is 0.0711 e. The van der Waals surface area contributed by atoms with E-state index in [1.807, 2.05) is 0 Å². The van der Waals surface area contributed by atoms with Crippen LogP contribution in [0.2, 0.25) is 0 Å². The summed E-state index contributed by atoms with van der Waals surface area (Å²) < 4.78 is 5.32. The first kappa shape index (κ1) is 10.4. The fourth-order valence-electron chi connectivity index (χ4n) is 2.36. The van der Waals surface area contributed by atoms with E-state index in [1.165, 1.54) is 12.8 Å². The molecule has 1 aliphatic carbocycles. The molecular formula is C11H22N2O. The fraction of sp³-hybridized carbons (Fsp3) is 1.00. The van der Waals surface area contributed by atoms with Gasteiger partial charge in [0.25, 0.3) is 0 Å². The smallest absolute Gasteiger partial charge is 0.0711 e. The van der Waals surface area contributed by atoms with Gasteiger partial charge in [-0.25, -0.2) is 0 Å². The molecule has 0 spiro atoms. The van der Waals surface area contributed by atoms with Crippen molar-refractivity contribution in [1.82, 2.24) is 10.6 Å². The Bertz CT molecular complexity index is 186. The molecule has 0 aromatic rings. The molecule has 82 valence electrons. The van der Waals surface area contributed by atoms with Crippen LogP contribution in [0.25, 0.3) is 0 Å². The van der Waals surface area contributed by atoms with E-state index in [4.69, 9.17) is 4.74 Å². The van der Waals surface area contributed by atoms with Gasteiger partial charge in [-0.2, -0.15) is 0 Å². The zero-order valence-corrected chi connectivity index (χ0v) is 9.25. The van der Waals surface area contributed by atoms with Gasteiger partial charge in [-0.3, -0.25) is 0 Å². The summed E-state index contributed by atoms with van der Waals surface area (Å²) in [6.45, 7) is 4.41. The predicted molar refractivity (Wildman–Crippen MR) is 57.4 cm³/mol. The van der Waals surface area contributed by atoms with Gasteiger partial charge in [-0.1, -0.05) is 13.3 Å². The molecule has 2 aliphatic rings. The average molecular weight is 198 g/mol. The monoisotopic (exact) mass is 198 g/mol. The van der Waals surface area contributed by atoms with Crippen LogP contribution in [0.3, 0.4) is 0 Å². The van der Waals surface area contributed by atoms with Crippen LogP contribution >= 0.6 is 0 Å².